The quantitative estimate of drug-likeness (QED) is 0.640. The lowest BCUT2D eigenvalue weighted by Gasteiger charge is -2.07. The summed E-state index contributed by atoms with van der Waals surface area (Å²) < 4.78 is 10.6. The molecule has 0 saturated heterocycles. The fourth-order valence-corrected chi connectivity index (χ4v) is 2.18. The summed E-state index contributed by atoms with van der Waals surface area (Å²) in [7, 11) is 0. The van der Waals surface area contributed by atoms with E-state index in [-0.39, 0.29) is 11.9 Å². The molecule has 4 nitrogen and oxygen atoms in total. The maximum absolute atomic E-state index is 12.0. The van der Waals surface area contributed by atoms with Crippen LogP contribution in [0, 0.1) is 11.8 Å². The normalized spacial score (nSPS) is 19.3. The number of carbonyl (C=O) groups excluding carboxylic acids is 2. The highest BCUT2D eigenvalue weighted by molar-refractivity contribution is 5.91. The lowest BCUT2D eigenvalue weighted by atomic mass is 10.2. The van der Waals surface area contributed by atoms with Crippen LogP contribution in [0.1, 0.15) is 23.7 Å². The minimum Gasteiger partial charge on any atom is -0.426 e. The van der Waals surface area contributed by atoms with Crippen LogP contribution in [0.4, 0.5) is 0 Å². The Labute approximate surface area is 128 Å². The smallest absolute Gasteiger partial charge is 0.343 e. The highest BCUT2D eigenvalue weighted by Gasteiger charge is 2.40. The topological polar surface area (TPSA) is 52.6 Å². The fourth-order valence-electron chi connectivity index (χ4n) is 2.18. The molecule has 1 aliphatic rings. The molecule has 0 radical (unpaired) electrons. The third kappa shape index (κ3) is 3.34. The lowest BCUT2D eigenvalue weighted by Crippen LogP contribution is -2.11. The fraction of sp³-hybridized carbons (Fsp3) is 0.222. The molecule has 1 fully saturated rings. The summed E-state index contributed by atoms with van der Waals surface area (Å²) in [6.07, 6.45) is 0.877. The number of rotatable bonds is 4. The summed E-state index contributed by atoms with van der Waals surface area (Å²) in [6.45, 7) is 2.02. The van der Waals surface area contributed by atoms with Crippen molar-refractivity contribution < 1.29 is 19.1 Å². The summed E-state index contributed by atoms with van der Waals surface area (Å²) in [5.41, 5.74) is 0.469. The van der Waals surface area contributed by atoms with Crippen molar-refractivity contribution in [2.45, 2.75) is 13.3 Å². The van der Waals surface area contributed by atoms with E-state index in [0.717, 1.165) is 6.42 Å². The van der Waals surface area contributed by atoms with Crippen molar-refractivity contribution in [3.8, 4) is 11.5 Å². The van der Waals surface area contributed by atoms with Crippen molar-refractivity contribution in [2.24, 2.45) is 11.8 Å². The van der Waals surface area contributed by atoms with Crippen LogP contribution in [0.25, 0.3) is 0 Å². The van der Waals surface area contributed by atoms with Gasteiger partial charge in [0.05, 0.1) is 11.5 Å². The molecule has 22 heavy (non-hydrogen) atoms. The second-order valence-electron chi connectivity index (χ2n) is 5.47. The van der Waals surface area contributed by atoms with E-state index in [1.54, 1.807) is 48.5 Å². The predicted octanol–water partition coefficient (Wildman–Crippen LogP) is 3.47. The zero-order chi connectivity index (χ0) is 15.5. The van der Waals surface area contributed by atoms with Gasteiger partial charge in [0.2, 0.25) is 0 Å². The first-order valence-corrected chi connectivity index (χ1v) is 7.22. The molecule has 0 bridgehead atoms. The van der Waals surface area contributed by atoms with Crippen LogP contribution in [0.3, 0.4) is 0 Å². The number of hydrogen-bond donors (Lipinski definition) is 0. The van der Waals surface area contributed by atoms with Crippen LogP contribution in [-0.4, -0.2) is 11.9 Å². The molecular weight excluding hydrogens is 280 g/mol. The molecule has 1 saturated carbocycles. The van der Waals surface area contributed by atoms with Crippen molar-refractivity contribution in [3.63, 3.8) is 0 Å². The third-order valence-corrected chi connectivity index (χ3v) is 3.66. The van der Waals surface area contributed by atoms with Gasteiger partial charge in [-0.1, -0.05) is 31.2 Å². The van der Waals surface area contributed by atoms with Gasteiger partial charge in [-0.05, 0) is 36.6 Å². The second-order valence-corrected chi connectivity index (χ2v) is 5.47. The van der Waals surface area contributed by atoms with Gasteiger partial charge >= 0.3 is 11.9 Å². The third-order valence-electron chi connectivity index (χ3n) is 3.66. The van der Waals surface area contributed by atoms with Gasteiger partial charge < -0.3 is 9.47 Å². The van der Waals surface area contributed by atoms with E-state index in [9.17, 15) is 9.59 Å². The van der Waals surface area contributed by atoms with E-state index in [1.807, 2.05) is 13.0 Å². The molecule has 2 aromatic carbocycles. The molecule has 3 rings (SSSR count). The maximum Gasteiger partial charge on any atom is 0.343 e. The number of ether oxygens (including phenoxy) is 2. The Balaban J connectivity index is 1.66. The van der Waals surface area contributed by atoms with Gasteiger partial charge in [0.15, 0.2) is 0 Å². The van der Waals surface area contributed by atoms with Gasteiger partial charge in [-0.15, -0.1) is 0 Å². The van der Waals surface area contributed by atoms with Gasteiger partial charge in [-0.2, -0.15) is 0 Å². The summed E-state index contributed by atoms with van der Waals surface area (Å²) in [6, 6.07) is 15.3. The maximum atomic E-state index is 12.0. The van der Waals surface area contributed by atoms with Gasteiger partial charge in [0.25, 0.3) is 0 Å². The molecule has 2 atom stereocenters. The first-order chi connectivity index (χ1) is 10.6. The van der Waals surface area contributed by atoms with Gasteiger partial charge in [0.1, 0.15) is 11.5 Å². The Morgan fingerprint density at radius 2 is 1.59 bits per heavy atom. The summed E-state index contributed by atoms with van der Waals surface area (Å²) in [4.78, 5) is 23.8. The molecule has 0 N–H and O–H groups in total. The van der Waals surface area contributed by atoms with E-state index < -0.39 is 5.97 Å². The first kappa shape index (κ1) is 14.3. The van der Waals surface area contributed by atoms with Gasteiger partial charge in [-0.3, -0.25) is 4.79 Å². The molecule has 0 amide bonds. The van der Waals surface area contributed by atoms with Crippen LogP contribution in [0.15, 0.2) is 54.6 Å². The zero-order valence-corrected chi connectivity index (χ0v) is 12.2. The minimum atomic E-state index is -0.445. The Morgan fingerprint density at radius 1 is 0.955 bits per heavy atom. The summed E-state index contributed by atoms with van der Waals surface area (Å²) >= 11 is 0. The molecule has 0 heterocycles. The number of carbonyl (C=O) groups is 2. The largest absolute Gasteiger partial charge is 0.426 e. The van der Waals surface area contributed by atoms with E-state index in [0.29, 0.717) is 23.0 Å². The van der Waals surface area contributed by atoms with E-state index in [4.69, 9.17) is 9.47 Å². The van der Waals surface area contributed by atoms with Crippen molar-refractivity contribution in [1.29, 1.82) is 0 Å². The van der Waals surface area contributed by atoms with Crippen LogP contribution in [-0.2, 0) is 4.79 Å². The number of benzene rings is 2. The van der Waals surface area contributed by atoms with Gasteiger partial charge in [0, 0.05) is 6.07 Å². The van der Waals surface area contributed by atoms with E-state index in [2.05, 4.69) is 0 Å². The predicted molar refractivity (Wildman–Crippen MR) is 80.7 cm³/mol. The molecule has 0 aliphatic heterocycles. The van der Waals surface area contributed by atoms with E-state index in [1.165, 1.54) is 0 Å². The highest BCUT2D eigenvalue weighted by atomic mass is 16.5. The minimum absolute atomic E-state index is 0.00414. The first-order valence-electron chi connectivity index (χ1n) is 7.22. The second kappa shape index (κ2) is 6.02. The van der Waals surface area contributed by atoms with Gasteiger partial charge in [-0.25, -0.2) is 4.79 Å². The molecule has 112 valence electrons. The van der Waals surface area contributed by atoms with Crippen LogP contribution in [0.2, 0.25) is 0 Å². The molecule has 2 unspecified atom stereocenters. The van der Waals surface area contributed by atoms with Crippen LogP contribution < -0.4 is 9.47 Å². The van der Waals surface area contributed by atoms with Crippen LogP contribution >= 0.6 is 0 Å². The lowest BCUT2D eigenvalue weighted by molar-refractivity contribution is -0.136. The van der Waals surface area contributed by atoms with Crippen molar-refractivity contribution in [1.82, 2.24) is 0 Å². The van der Waals surface area contributed by atoms with Crippen molar-refractivity contribution in [3.05, 3.63) is 60.2 Å². The monoisotopic (exact) mass is 296 g/mol. The number of esters is 2. The molecular formula is C18H16O4. The Kier molecular flexibility index (Phi) is 3.92. The zero-order valence-electron chi connectivity index (χ0n) is 12.2. The average Bonchev–Trinajstić information content (AvgIpc) is 3.25. The van der Waals surface area contributed by atoms with E-state index >= 15 is 0 Å². The Bertz CT molecular complexity index is 693. The molecule has 1 aliphatic carbocycles. The van der Waals surface area contributed by atoms with Crippen molar-refractivity contribution in [2.75, 3.05) is 0 Å². The molecule has 4 heteroatoms. The Morgan fingerprint density at radius 3 is 2.23 bits per heavy atom. The summed E-state index contributed by atoms with van der Waals surface area (Å²) in [5, 5.41) is 0. The SMILES string of the molecule is CC1CC1C(=O)Oc1cccc(OC(=O)c2ccccc2)c1. The Hall–Kier alpha value is -2.62. The standard InChI is InChI=1S/C18H16O4/c1-12-10-16(12)18(20)22-15-9-5-8-14(11-15)21-17(19)13-6-3-2-4-7-13/h2-9,11-12,16H,10H2,1H3. The van der Waals surface area contributed by atoms with Crippen molar-refractivity contribution >= 4 is 11.9 Å². The molecule has 0 spiro atoms. The highest BCUT2D eigenvalue weighted by Crippen LogP contribution is 2.39. The van der Waals surface area contributed by atoms with Crippen LogP contribution in [0.5, 0.6) is 11.5 Å². The summed E-state index contributed by atoms with van der Waals surface area (Å²) in [5.74, 6) is 0.464. The molecule has 0 aromatic heterocycles. The number of hydrogen-bond acceptors (Lipinski definition) is 4. The average molecular weight is 296 g/mol. The molecule has 2 aromatic rings.